The first-order valence-corrected chi connectivity index (χ1v) is 9.10. The number of hydrogen-bond acceptors (Lipinski definition) is 7. The van der Waals surface area contributed by atoms with E-state index in [0.717, 1.165) is 12.1 Å². The number of benzene rings is 2. The number of sulfonamides is 1. The Morgan fingerprint density at radius 1 is 1.11 bits per heavy atom. The van der Waals surface area contributed by atoms with Gasteiger partial charge >= 0.3 is 0 Å². The molecule has 0 bridgehead atoms. The van der Waals surface area contributed by atoms with E-state index in [4.69, 9.17) is 0 Å². The molecule has 12 heteroatoms. The van der Waals surface area contributed by atoms with Crippen LogP contribution in [-0.2, 0) is 10.0 Å². The van der Waals surface area contributed by atoms with Crippen molar-refractivity contribution in [2.45, 2.75) is 4.90 Å². The number of amides is 1. The van der Waals surface area contributed by atoms with E-state index in [9.17, 15) is 33.2 Å². The van der Waals surface area contributed by atoms with E-state index in [1.807, 2.05) is 0 Å². The molecule has 0 unspecified atom stereocenters. The summed E-state index contributed by atoms with van der Waals surface area (Å²) in [6.07, 6.45) is 0. The van der Waals surface area contributed by atoms with Gasteiger partial charge in [-0.15, -0.1) is 4.83 Å². The van der Waals surface area contributed by atoms with Crippen LogP contribution in [0.15, 0.2) is 58.2 Å². The van der Waals surface area contributed by atoms with E-state index in [2.05, 4.69) is 4.98 Å². The van der Waals surface area contributed by atoms with Crippen LogP contribution in [0.1, 0.15) is 10.4 Å². The Bertz CT molecular complexity index is 1270. The summed E-state index contributed by atoms with van der Waals surface area (Å²) < 4.78 is 24.6. The second-order valence-corrected chi connectivity index (χ2v) is 7.16. The van der Waals surface area contributed by atoms with Crippen molar-refractivity contribution in [2.75, 3.05) is 0 Å². The summed E-state index contributed by atoms with van der Waals surface area (Å²) in [5.41, 5.74) is -0.312. The summed E-state index contributed by atoms with van der Waals surface area (Å²) >= 11 is 0. The lowest BCUT2D eigenvalue weighted by Gasteiger charge is -2.10. The van der Waals surface area contributed by atoms with E-state index in [-0.39, 0.29) is 10.9 Å². The number of carbonyl (C=O) groups excluding carboxylic acids is 1. The molecule has 11 nitrogen and oxygen atoms in total. The lowest BCUT2D eigenvalue weighted by molar-refractivity contribution is -0.387. The number of nitrogens with zero attached hydrogens (tertiary/aromatic N) is 1. The van der Waals surface area contributed by atoms with E-state index in [1.165, 1.54) is 24.3 Å². The van der Waals surface area contributed by atoms with Crippen molar-refractivity contribution in [1.29, 1.82) is 0 Å². The summed E-state index contributed by atoms with van der Waals surface area (Å²) in [4.78, 5) is 37.8. The number of aromatic nitrogens is 1. The Kier molecular flexibility index (Phi) is 4.81. The summed E-state index contributed by atoms with van der Waals surface area (Å²) in [6, 6.07) is 10.6. The minimum absolute atomic E-state index is 0.175. The number of hydrogen-bond donors (Lipinski definition) is 4. The first-order chi connectivity index (χ1) is 13.2. The number of nitro groups is 1. The number of fused-ring (bicyclic) bond motifs is 1. The van der Waals surface area contributed by atoms with Gasteiger partial charge in [0.05, 0.1) is 10.4 Å². The van der Waals surface area contributed by atoms with Crippen LogP contribution < -0.4 is 15.8 Å². The Hall–Kier alpha value is -3.77. The first-order valence-electron chi connectivity index (χ1n) is 7.62. The Balaban J connectivity index is 1.92. The number of hydrazine groups is 1. The molecule has 28 heavy (non-hydrogen) atoms. The molecule has 1 heterocycles. The fourth-order valence-electron chi connectivity index (χ4n) is 2.50. The van der Waals surface area contributed by atoms with Gasteiger partial charge in [-0.2, -0.15) is 0 Å². The molecule has 0 fully saturated rings. The highest BCUT2D eigenvalue weighted by atomic mass is 32.2. The molecule has 1 aromatic heterocycles. The van der Waals surface area contributed by atoms with Gasteiger partial charge in [0, 0.05) is 11.5 Å². The third-order valence-corrected chi connectivity index (χ3v) is 5.07. The van der Waals surface area contributed by atoms with Crippen molar-refractivity contribution < 1.29 is 23.2 Å². The number of rotatable bonds is 5. The molecule has 0 aliphatic carbocycles. The van der Waals surface area contributed by atoms with Gasteiger partial charge in [-0.3, -0.25) is 25.1 Å². The van der Waals surface area contributed by atoms with Crippen LogP contribution in [0, 0.1) is 10.1 Å². The minimum atomic E-state index is -4.52. The van der Waals surface area contributed by atoms with Crippen LogP contribution in [0.25, 0.3) is 10.9 Å². The van der Waals surface area contributed by atoms with Crippen molar-refractivity contribution in [3.05, 3.63) is 74.6 Å². The quantitative estimate of drug-likeness (QED) is 0.359. The molecular formula is C16H12N4O7S. The van der Waals surface area contributed by atoms with Crippen molar-refractivity contribution in [2.24, 2.45) is 0 Å². The average molecular weight is 404 g/mol. The van der Waals surface area contributed by atoms with Gasteiger partial charge in [-0.25, -0.2) is 8.42 Å². The number of pyridine rings is 1. The molecule has 144 valence electrons. The first kappa shape index (κ1) is 19.0. The molecule has 0 radical (unpaired) electrons. The van der Waals surface area contributed by atoms with Crippen LogP contribution >= 0.6 is 0 Å². The third kappa shape index (κ3) is 3.41. The van der Waals surface area contributed by atoms with Crippen molar-refractivity contribution in [3.8, 4) is 5.75 Å². The molecule has 0 saturated carbocycles. The number of aromatic amines is 1. The highest BCUT2D eigenvalue weighted by molar-refractivity contribution is 7.89. The number of carbonyl (C=O) groups is 1. The molecule has 0 saturated heterocycles. The monoisotopic (exact) mass is 404 g/mol. The van der Waals surface area contributed by atoms with Crippen LogP contribution in [0.5, 0.6) is 5.75 Å². The third-order valence-electron chi connectivity index (χ3n) is 3.77. The summed E-state index contributed by atoms with van der Waals surface area (Å²) in [6.45, 7) is 0. The van der Waals surface area contributed by atoms with Gasteiger partial charge in [0.1, 0.15) is 11.3 Å². The zero-order chi connectivity index (χ0) is 20.5. The zero-order valence-electron chi connectivity index (χ0n) is 13.9. The van der Waals surface area contributed by atoms with Gasteiger partial charge in [0.2, 0.25) is 0 Å². The smallest absolute Gasteiger partial charge is 0.289 e. The second kappa shape index (κ2) is 7.09. The van der Waals surface area contributed by atoms with Crippen LogP contribution in [0.2, 0.25) is 0 Å². The van der Waals surface area contributed by atoms with Gasteiger partial charge in [-0.05, 0) is 18.2 Å². The molecule has 4 N–H and O–H groups in total. The van der Waals surface area contributed by atoms with E-state index in [1.54, 1.807) is 22.4 Å². The summed E-state index contributed by atoms with van der Waals surface area (Å²) in [5, 5.41) is 21.4. The van der Waals surface area contributed by atoms with Gasteiger partial charge in [0.15, 0.2) is 4.90 Å². The van der Waals surface area contributed by atoms with E-state index >= 15 is 0 Å². The van der Waals surface area contributed by atoms with E-state index in [0.29, 0.717) is 0 Å². The molecule has 0 aliphatic heterocycles. The predicted molar refractivity (Wildman–Crippen MR) is 97.1 cm³/mol. The molecular weight excluding hydrogens is 392 g/mol. The van der Waals surface area contributed by atoms with Crippen LogP contribution in [0.4, 0.5) is 5.69 Å². The van der Waals surface area contributed by atoms with Crippen molar-refractivity contribution >= 4 is 32.5 Å². The molecule has 0 atom stereocenters. The Morgan fingerprint density at radius 3 is 2.46 bits per heavy atom. The minimum Gasteiger partial charge on any atom is -0.506 e. The number of aromatic hydroxyl groups is 1. The largest absolute Gasteiger partial charge is 0.506 e. The fourth-order valence-corrected chi connectivity index (χ4v) is 3.52. The van der Waals surface area contributed by atoms with Gasteiger partial charge < -0.3 is 10.1 Å². The summed E-state index contributed by atoms with van der Waals surface area (Å²) in [5.74, 6) is -1.88. The van der Waals surface area contributed by atoms with Crippen LogP contribution in [-0.4, -0.2) is 29.3 Å². The lowest BCUT2D eigenvalue weighted by Crippen LogP contribution is -2.43. The average Bonchev–Trinajstić information content (AvgIpc) is 2.66. The maximum Gasteiger partial charge on any atom is 0.289 e. The number of para-hydroxylation sites is 2. The Morgan fingerprint density at radius 2 is 1.75 bits per heavy atom. The normalized spacial score (nSPS) is 11.3. The maximum atomic E-state index is 12.3. The fraction of sp³-hybridized carbons (Fsp3) is 0. The maximum absolute atomic E-state index is 12.3. The zero-order valence-corrected chi connectivity index (χ0v) is 14.7. The van der Waals surface area contributed by atoms with E-state index < -0.39 is 48.3 Å². The standard InChI is InChI=1S/C16H12N4O7S/c21-14-9-5-1-2-6-10(9)17-15(22)13(14)16(23)18-19-28(26,27)12-8-4-3-7-11(12)20(24)25/h1-8,19H,(H,18,23)(H2,17,21,22). The molecule has 3 aromatic rings. The molecule has 0 aliphatic rings. The van der Waals surface area contributed by atoms with Gasteiger partial charge in [-0.1, -0.05) is 24.3 Å². The van der Waals surface area contributed by atoms with Crippen LogP contribution in [0.3, 0.4) is 0 Å². The number of nitrogens with one attached hydrogen (secondary N) is 3. The molecule has 1 amide bonds. The summed E-state index contributed by atoms with van der Waals surface area (Å²) in [7, 11) is -4.52. The Labute approximate surface area is 156 Å². The number of H-pyrrole nitrogens is 1. The SMILES string of the molecule is O=C(NNS(=O)(=O)c1ccccc1[N+](=O)[O-])c1c(O)c2ccccc2[nH]c1=O. The molecule has 2 aromatic carbocycles. The van der Waals surface area contributed by atoms with Gasteiger partial charge in [0.25, 0.3) is 27.2 Å². The highest BCUT2D eigenvalue weighted by Gasteiger charge is 2.27. The lowest BCUT2D eigenvalue weighted by atomic mass is 10.1. The molecule has 3 rings (SSSR count). The highest BCUT2D eigenvalue weighted by Crippen LogP contribution is 2.25. The second-order valence-electron chi connectivity index (χ2n) is 5.51. The topological polar surface area (TPSA) is 172 Å². The predicted octanol–water partition coefficient (Wildman–Crippen LogP) is 0.765. The van der Waals surface area contributed by atoms with Crippen molar-refractivity contribution in [1.82, 2.24) is 15.2 Å². The van der Waals surface area contributed by atoms with Crippen molar-refractivity contribution in [3.63, 3.8) is 0 Å². The number of nitro benzene ring substituents is 1. The molecule has 0 spiro atoms.